The molecule has 0 N–H and O–H groups in total. The van der Waals surface area contributed by atoms with Crippen LogP contribution in [0.4, 0.5) is 0 Å². The van der Waals surface area contributed by atoms with E-state index >= 15 is 0 Å². The van der Waals surface area contributed by atoms with Gasteiger partial charge in [0, 0.05) is 5.56 Å². The molecule has 1 aromatic carbocycles. The number of hydrogen-bond acceptors (Lipinski definition) is 7. The lowest BCUT2D eigenvalue weighted by Crippen LogP contribution is -2.52. The molecule has 0 saturated carbocycles. The quantitative estimate of drug-likeness (QED) is 0.801. The Bertz CT molecular complexity index is 670. The van der Waals surface area contributed by atoms with Crippen LogP contribution in [-0.4, -0.2) is 66.3 Å². The minimum Gasteiger partial charge on any atom is -0.497 e. The van der Waals surface area contributed by atoms with E-state index < -0.39 is 11.0 Å². The number of ether oxygens (including phenoxy) is 3. The van der Waals surface area contributed by atoms with Crippen molar-refractivity contribution < 1.29 is 19.0 Å². The molecule has 7 nitrogen and oxygen atoms in total. The van der Waals surface area contributed by atoms with Crippen molar-refractivity contribution in [2.45, 2.75) is 11.0 Å². The second kappa shape index (κ2) is 6.03. The fourth-order valence-electron chi connectivity index (χ4n) is 2.96. The average molecular weight is 349 g/mol. The van der Waals surface area contributed by atoms with Gasteiger partial charge in [0.2, 0.25) is 0 Å². The Balaban J connectivity index is 1.47. The number of hydrogen-bond donors (Lipinski definition) is 0. The van der Waals surface area contributed by atoms with Crippen LogP contribution in [-0.2, 0) is 14.3 Å². The third-order valence-electron chi connectivity index (χ3n) is 4.31. The molecule has 2 saturated heterocycles. The molecule has 3 aliphatic rings. The lowest BCUT2D eigenvalue weighted by atomic mass is 10.1. The summed E-state index contributed by atoms with van der Waals surface area (Å²) in [5, 5.41) is 0.771. The summed E-state index contributed by atoms with van der Waals surface area (Å²) in [5.74, 6) is 0.803. The number of methoxy groups -OCH3 is 1. The van der Waals surface area contributed by atoms with Crippen LogP contribution >= 0.6 is 11.8 Å². The number of thioether (sulfide) groups is 1. The molecular formula is C16H19N3O4S. The van der Waals surface area contributed by atoms with E-state index in [4.69, 9.17) is 14.2 Å². The normalized spacial score (nSPS) is 30.4. The van der Waals surface area contributed by atoms with Crippen molar-refractivity contribution in [2.24, 2.45) is 4.99 Å². The van der Waals surface area contributed by atoms with Gasteiger partial charge < -0.3 is 14.2 Å². The topological polar surface area (TPSA) is 63.6 Å². The molecule has 24 heavy (non-hydrogen) atoms. The molecule has 0 unspecified atom stereocenters. The van der Waals surface area contributed by atoms with Gasteiger partial charge in [0.25, 0.3) is 5.91 Å². The predicted octanol–water partition coefficient (Wildman–Crippen LogP) is 1.27. The first kappa shape index (κ1) is 15.9. The number of amidine groups is 1. The van der Waals surface area contributed by atoms with Crippen LogP contribution in [0, 0.1) is 0 Å². The van der Waals surface area contributed by atoms with Gasteiger partial charge in [0.15, 0.2) is 11.5 Å². The first-order valence-electron chi connectivity index (χ1n) is 7.72. The summed E-state index contributed by atoms with van der Waals surface area (Å²) in [6, 6.07) is 7.56. The number of amides is 1. The Hall–Kier alpha value is -1.61. The van der Waals surface area contributed by atoms with Gasteiger partial charge in [0.05, 0.1) is 33.7 Å². The fourth-order valence-corrected chi connectivity index (χ4v) is 4.14. The summed E-state index contributed by atoms with van der Waals surface area (Å²) in [5.41, 5.74) is 0.913. The van der Waals surface area contributed by atoms with Crippen molar-refractivity contribution in [1.82, 2.24) is 9.80 Å². The van der Waals surface area contributed by atoms with Crippen LogP contribution in [0.25, 0.3) is 0 Å². The third-order valence-corrected chi connectivity index (χ3v) is 5.64. The van der Waals surface area contributed by atoms with E-state index in [2.05, 4.69) is 4.99 Å². The zero-order valence-corrected chi connectivity index (χ0v) is 14.4. The first-order valence-corrected chi connectivity index (χ1v) is 8.54. The predicted molar refractivity (Wildman–Crippen MR) is 89.7 cm³/mol. The highest BCUT2D eigenvalue weighted by atomic mass is 32.2. The van der Waals surface area contributed by atoms with E-state index in [1.54, 1.807) is 12.0 Å². The molecule has 1 amide bonds. The monoisotopic (exact) mass is 349 g/mol. The SMILES string of the molecule is COc1ccc(C2OCC3(CO2)SC2=NCN(C)CN2C3=O)cc1. The third kappa shape index (κ3) is 2.59. The molecule has 1 spiro atoms. The minimum atomic E-state index is -0.715. The minimum absolute atomic E-state index is 0.0194. The van der Waals surface area contributed by atoms with Gasteiger partial charge in [-0.3, -0.25) is 14.6 Å². The van der Waals surface area contributed by atoms with Crippen LogP contribution in [0.5, 0.6) is 5.75 Å². The second-order valence-electron chi connectivity index (χ2n) is 6.14. The lowest BCUT2D eigenvalue weighted by molar-refractivity contribution is -0.199. The molecule has 8 heteroatoms. The van der Waals surface area contributed by atoms with Crippen LogP contribution in [0.2, 0.25) is 0 Å². The maximum atomic E-state index is 12.8. The summed E-state index contributed by atoms with van der Waals surface area (Å²) in [7, 11) is 3.57. The average Bonchev–Trinajstić information content (AvgIpc) is 2.88. The molecule has 0 bridgehead atoms. The Morgan fingerprint density at radius 3 is 2.67 bits per heavy atom. The number of nitrogens with zero attached hydrogens (tertiary/aromatic N) is 3. The number of rotatable bonds is 2. The molecule has 3 aliphatic heterocycles. The van der Waals surface area contributed by atoms with Gasteiger partial charge in [-0.25, -0.2) is 4.99 Å². The second-order valence-corrected chi connectivity index (χ2v) is 7.49. The zero-order valence-electron chi connectivity index (χ0n) is 13.6. The standard InChI is InChI=1S/C16H19N3O4S/c1-18-9-17-15-19(10-18)14(20)16(24-15)7-22-13(23-8-16)11-3-5-12(21-2)6-4-11/h3-6,13H,7-10H2,1-2H3. The van der Waals surface area contributed by atoms with Gasteiger partial charge in [-0.1, -0.05) is 23.9 Å². The van der Waals surface area contributed by atoms with Crippen molar-refractivity contribution in [3.05, 3.63) is 29.8 Å². The molecule has 0 atom stereocenters. The van der Waals surface area contributed by atoms with E-state index in [9.17, 15) is 4.79 Å². The van der Waals surface area contributed by atoms with Crippen molar-refractivity contribution in [3.63, 3.8) is 0 Å². The summed E-state index contributed by atoms with van der Waals surface area (Å²) < 4.78 is 16.2. The highest BCUT2D eigenvalue weighted by molar-refractivity contribution is 8.16. The molecule has 0 aliphatic carbocycles. The summed E-state index contributed by atoms with van der Waals surface area (Å²) in [4.78, 5) is 21.0. The molecule has 128 valence electrons. The summed E-state index contributed by atoms with van der Waals surface area (Å²) in [6.07, 6.45) is -0.461. The number of carbonyl (C=O) groups is 1. The Morgan fingerprint density at radius 2 is 2.00 bits per heavy atom. The van der Waals surface area contributed by atoms with E-state index in [0.29, 0.717) is 26.6 Å². The van der Waals surface area contributed by atoms with Crippen LogP contribution in [0.15, 0.2) is 29.3 Å². The molecule has 4 rings (SSSR count). The van der Waals surface area contributed by atoms with Crippen molar-refractivity contribution in [3.8, 4) is 5.75 Å². The van der Waals surface area contributed by atoms with Gasteiger partial charge in [0.1, 0.15) is 10.5 Å². The van der Waals surface area contributed by atoms with Crippen molar-refractivity contribution >= 4 is 22.8 Å². The largest absolute Gasteiger partial charge is 0.497 e. The molecule has 2 fully saturated rings. The van der Waals surface area contributed by atoms with Crippen molar-refractivity contribution in [2.75, 3.05) is 40.7 Å². The number of fused-ring (bicyclic) bond motifs is 1. The van der Waals surface area contributed by atoms with Gasteiger partial charge >= 0.3 is 0 Å². The zero-order chi connectivity index (χ0) is 16.7. The van der Waals surface area contributed by atoms with Gasteiger partial charge in [-0.15, -0.1) is 0 Å². The Kier molecular flexibility index (Phi) is 4.00. The molecule has 0 radical (unpaired) electrons. The van der Waals surface area contributed by atoms with Crippen LogP contribution in [0.1, 0.15) is 11.9 Å². The number of aliphatic imine (C=N–C) groups is 1. The number of benzene rings is 1. The van der Waals surface area contributed by atoms with Gasteiger partial charge in [-0.05, 0) is 19.2 Å². The molecule has 1 aromatic rings. The maximum absolute atomic E-state index is 12.8. The highest BCUT2D eigenvalue weighted by Gasteiger charge is 2.55. The van der Waals surface area contributed by atoms with E-state index in [1.807, 2.05) is 36.2 Å². The van der Waals surface area contributed by atoms with E-state index in [1.165, 1.54) is 11.8 Å². The smallest absolute Gasteiger partial charge is 0.251 e. The Morgan fingerprint density at radius 1 is 1.29 bits per heavy atom. The molecule has 0 aromatic heterocycles. The first-order chi connectivity index (χ1) is 11.6. The fraction of sp³-hybridized carbons (Fsp3) is 0.500. The Labute approximate surface area is 144 Å². The lowest BCUT2D eigenvalue weighted by Gasteiger charge is -2.34. The van der Waals surface area contributed by atoms with E-state index in [-0.39, 0.29) is 5.91 Å². The van der Waals surface area contributed by atoms with Crippen molar-refractivity contribution in [1.29, 1.82) is 0 Å². The highest BCUT2D eigenvalue weighted by Crippen LogP contribution is 2.43. The summed E-state index contributed by atoms with van der Waals surface area (Å²) >= 11 is 1.46. The van der Waals surface area contributed by atoms with Crippen LogP contribution in [0.3, 0.4) is 0 Å². The molecular weight excluding hydrogens is 330 g/mol. The maximum Gasteiger partial charge on any atom is 0.251 e. The molecule has 3 heterocycles. The van der Waals surface area contributed by atoms with Gasteiger partial charge in [-0.2, -0.15) is 0 Å². The van der Waals surface area contributed by atoms with E-state index in [0.717, 1.165) is 16.5 Å². The van der Waals surface area contributed by atoms with Crippen LogP contribution < -0.4 is 4.74 Å². The number of carbonyl (C=O) groups excluding carboxylic acids is 1. The summed E-state index contributed by atoms with van der Waals surface area (Å²) in [6.45, 7) is 1.80.